The third-order valence-corrected chi connectivity index (χ3v) is 6.35. The zero-order chi connectivity index (χ0) is 24.2. The monoisotopic (exact) mass is 527 g/mol. The number of rotatable bonds is 6. The number of hydrogen-bond acceptors (Lipinski definition) is 6. The molecule has 1 heterocycles. The highest BCUT2D eigenvalue weighted by atomic mass is 79.9. The van der Waals surface area contributed by atoms with Gasteiger partial charge in [-0.15, -0.1) is 0 Å². The summed E-state index contributed by atoms with van der Waals surface area (Å²) in [5, 5.41) is 13.3. The van der Waals surface area contributed by atoms with Crippen molar-refractivity contribution >= 4 is 45.5 Å². The first-order valence-electron chi connectivity index (χ1n) is 10.9. The molecule has 0 bridgehead atoms. The molecule has 176 valence electrons. The number of nitrogens with zero attached hydrogens (tertiary/aromatic N) is 2. The number of benzene rings is 2. The van der Waals surface area contributed by atoms with Crippen LogP contribution in [0.2, 0.25) is 0 Å². The van der Waals surface area contributed by atoms with E-state index in [1.807, 2.05) is 0 Å². The van der Waals surface area contributed by atoms with Crippen LogP contribution in [0.3, 0.4) is 0 Å². The maximum absolute atomic E-state index is 13.2. The Labute approximate surface area is 204 Å². The zero-order valence-corrected chi connectivity index (χ0v) is 19.7. The lowest BCUT2D eigenvalue weighted by atomic mass is 9.93. The summed E-state index contributed by atoms with van der Waals surface area (Å²) in [6.45, 7) is 0.0479. The minimum Gasteiger partial charge on any atom is -0.488 e. The van der Waals surface area contributed by atoms with Gasteiger partial charge in [0.25, 0.3) is 17.5 Å². The molecule has 2 aromatic rings. The van der Waals surface area contributed by atoms with E-state index in [1.165, 1.54) is 18.2 Å². The summed E-state index contributed by atoms with van der Waals surface area (Å²) in [5.74, 6) is -0.999. The van der Waals surface area contributed by atoms with Crippen LogP contribution in [-0.4, -0.2) is 33.7 Å². The van der Waals surface area contributed by atoms with Crippen molar-refractivity contribution in [1.29, 1.82) is 0 Å². The van der Waals surface area contributed by atoms with Crippen LogP contribution in [0.4, 0.5) is 10.5 Å². The summed E-state index contributed by atoms with van der Waals surface area (Å²) < 4.78 is 6.58. The number of nitro benzene ring substituents is 1. The number of carbonyl (C=O) groups excluding carboxylic acids is 3. The molecule has 4 amide bonds. The van der Waals surface area contributed by atoms with Gasteiger partial charge < -0.3 is 4.74 Å². The van der Waals surface area contributed by atoms with Crippen LogP contribution >= 0.6 is 15.9 Å². The number of urea groups is 1. The largest absolute Gasteiger partial charge is 0.488 e. The van der Waals surface area contributed by atoms with E-state index in [1.54, 1.807) is 30.3 Å². The van der Waals surface area contributed by atoms with Gasteiger partial charge in [0.1, 0.15) is 17.9 Å². The number of hydrogen-bond donors (Lipinski definition) is 1. The molecular formula is C24H22BrN3O6. The van der Waals surface area contributed by atoms with E-state index in [2.05, 4.69) is 21.2 Å². The molecule has 4 rings (SSSR count). The maximum atomic E-state index is 13.2. The second-order valence-electron chi connectivity index (χ2n) is 8.18. The Kier molecular flexibility index (Phi) is 7.06. The van der Waals surface area contributed by atoms with Crippen LogP contribution in [0.25, 0.3) is 6.08 Å². The number of imide groups is 2. The molecule has 9 nitrogen and oxygen atoms in total. The molecule has 2 aliphatic rings. The van der Waals surface area contributed by atoms with Crippen molar-refractivity contribution in [2.45, 2.75) is 44.8 Å². The second-order valence-corrected chi connectivity index (χ2v) is 9.10. The predicted octanol–water partition coefficient (Wildman–Crippen LogP) is 4.73. The van der Waals surface area contributed by atoms with Crippen molar-refractivity contribution in [2.24, 2.45) is 0 Å². The Morgan fingerprint density at radius 3 is 2.62 bits per heavy atom. The number of ether oxygens (including phenoxy) is 1. The van der Waals surface area contributed by atoms with Crippen LogP contribution in [-0.2, 0) is 16.2 Å². The lowest BCUT2D eigenvalue weighted by molar-refractivity contribution is -0.384. The van der Waals surface area contributed by atoms with Gasteiger partial charge in [-0.1, -0.05) is 47.3 Å². The van der Waals surface area contributed by atoms with Crippen molar-refractivity contribution in [1.82, 2.24) is 10.2 Å². The maximum Gasteiger partial charge on any atom is 0.331 e. The summed E-state index contributed by atoms with van der Waals surface area (Å²) >= 11 is 3.39. The van der Waals surface area contributed by atoms with Gasteiger partial charge in [-0.25, -0.2) is 4.79 Å². The minimum absolute atomic E-state index is 0.0452. The molecule has 0 atom stereocenters. The highest BCUT2D eigenvalue weighted by molar-refractivity contribution is 9.10. The quantitative estimate of drug-likeness (QED) is 0.251. The summed E-state index contributed by atoms with van der Waals surface area (Å²) in [4.78, 5) is 49.9. The van der Waals surface area contributed by atoms with E-state index in [0.29, 0.717) is 21.3 Å². The molecule has 2 aromatic carbocycles. The first-order valence-corrected chi connectivity index (χ1v) is 11.7. The molecular weight excluding hydrogens is 506 g/mol. The minimum atomic E-state index is -0.758. The SMILES string of the molecule is O=C1NC(=O)N(C2CCCCC2)C(=O)C1=Cc1cc(Br)ccc1OCc1cccc([N+](=O)[O-])c1. The highest BCUT2D eigenvalue weighted by Crippen LogP contribution is 2.30. The average molecular weight is 528 g/mol. The summed E-state index contributed by atoms with van der Waals surface area (Å²) in [6.07, 6.45) is 5.76. The number of amides is 4. The number of carbonyl (C=O) groups is 3. The smallest absolute Gasteiger partial charge is 0.331 e. The lowest BCUT2D eigenvalue weighted by Gasteiger charge is -2.35. The van der Waals surface area contributed by atoms with Crippen LogP contribution in [0, 0.1) is 10.1 Å². The zero-order valence-electron chi connectivity index (χ0n) is 18.2. The van der Waals surface area contributed by atoms with Crippen molar-refractivity contribution in [3.05, 3.63) is 73.8 Å². The Morgan fingerprint density at radius 2 is 1.88 bits per heavy atom. The number of nitrogens with one attached hydrogen (secondary N) is 1. The number of halogens is 1. The summed E-state index contributed by atoms with van der Waals surface area (Å²) in [6, 6.07) is 10.3. The van der Waals surface area contributed by atoms with E-state index in [4.69, 9.17) is 4.74 Å². The molecule has 10 heteroatoms. The van der Waals surface area contributed by atoms with Crippen molar-refractivity contribution in [2.75, 3.05) is 0 Å². The molecule has 2 fully saturated rings. The number of nitro groups is 1. The van der Waals surface area contributed by atoms with Gasteiger partial charge >= 0.3 is 6.03 Å². The molecule has 1 aliphatic carbocycles. The Morgan fingerprint density at radius 1 is 1.12 bits per heavy atom. The Hall–Kier alpha value is -3.53. The molecule has 34 heavy (non-hydrogen) atoms. The molecule has 0 unspecified atom stereocenters. The van der Waals surface area contributed by atoms with E-state index in [9.17, 15) is 24.5 Å². The van der Waals surface area contributed by atoms with Crippen molar-refractivity contribution in [3.8, 4) is 5.75 Å². The normalized spacial score (nSPS) is 18.2. The lowest BCUT2D eigenvalue weighted by Crippen LogP contribution is -2.58. The van der Waals surface area contributed by atoms with Gasteiger partial charge in [0.05, 0.1) is 4.92 Å². The van der Waals surface area contributed by atoms with Crippen LogP contribution < -0.4 is 10.1 Å². The fourth-order valence-electron chi connectivity index (χ4n) is 4.18. The number of non-ortho nitro benzene ring substituents is 1. The van der Waals surface area contributed by atoms with E-state index in [-0.39, 0.29) is 23.9 Å². The topological polar surface area (TPSA) is 119 Å². The van der Waals surface area contributed by atoms with Crippen molar-refractivity contribution < 1.29 is 24.0 Å². The number of barbiturate groups is 1. The molecule has 0 aromatic heterocycles. The van der Waals surface area contributed by atoms with Crippen LogP contribution in [0.5, 0.6) is 5.75 Å². The highest BCUT2D eigenvalue weighted by Gasteiger charge is 2.40. The first-order chi connectivity index (χ1) is 16.3. The van der Waals surface area contributed by atoms with Gasteiger partial charge in [0.2, 0.25) is 0 Å². The van der Waals surface area contributed by atoms with Crippen LogP contribution in [0.1, 0.15) is 43.2 Å². The van der Waals surface area contributed by atoms with Gasteiger partial charge in [-0.3, -0.25) is 29.9 Å². The average Bonchev–Trinajstić information content (AvgIpc) is 2.82. The summed E-state index contributed by atoms with van der Waals surface area (Å²) in [5.41, 5.74) is 0.854. The van der Waals surface area contributed by atoms with Crippen molar-refractivity contribution in [3.63, 3.8) is 0 Å². The van der Waals surface area contributed by atoms with Gasteiger partial charge in [-0.2, -0.15) is 0 Å². The van der Waals surface area contributed by atoms with E-state index < -0.39 is 22.8 Å². The third kappa shape index (κ3) is 5.17. The summed E-state index contributed by atoms with van der Waals surface area (Å²) in [7, 11) is 0. The standard InChI is InChI=1S/C24H22BrN3O6/c25-17-9-10-21(34-14-15-5-4-8-19(11-15)28(32)33)16(12-17)13-20-22(29)26-24(31)27(23(20)30)18-6-2-1-3-7-18/h4-5,8-13,18H,1-3,6-7,14H2,(H,26,29,31). The molecule has 1 aliphatic heterocycles. The van der Waals surface area contributed by atoms with E-state index in [0.717, 1.165) is 37.0 Å². The third-order valence-electron chi connectivity index (χ3n) is 5.86. The first kappa shape index (κ1) is 23.6. The van der Waals surface area contributed by atoms with E-state index >= 15 is 0 Å². The predicted molar refractivity (Wildman–Crippen MR) is 127 cm³/mol. The molecule has 0 radical (unpaired) electrons. The fraction of sp³-hybridized carbons (Fsp3) is 0.292. The molecule has 1 saturated heterocycles. The van der Waals surface area contributed by atoms with Gasteiger partial charge in [-0.05, 0) is 42.7 Å². The van der Waals surface area contributed by atoms with Gasteiger partial charge in [0.15, 0.2) is 0 Å². The Bertz CT molecular complexity index is 1190. The Balaban J connectivity index is 1.61. The fourth-order valence-corrected chi connectivity index (χ4v) is 4.56. The molecule has 1 saturated carbocycles. The van der Waals surface area contributed by atoms with Gasteiger partial charge in [0, 0.05) is 28.2 Å². The van der Waals surface area contributed by atoms with Crippen LogP contribution in [0.15, 0.2) is 52.5 Å². The molecule has 0 spiro atoms. The second kappa shape index (κ2) is 10.2. The molecule has 1 N–H and O–H groups in total.